The number of benzene rings is 1. The van der Waals surface area contributed by atoms with E-state index in [0.717, 1.165) is 12.0 Å². The lowest BCUT2D eigenvalue weighted by molar-refractivity contribution is 0.268. The van der Waals surface area contributed by atoms with Crippen LogP contribution in [-0.4, -0.2) is 11.7 Å². The van der Waals surface area contributed by atoms with Crippen molar-refractivity contribution in [3.63, 3.8) is 0 Å². The Morgan fingerprint density at radius 2 is 2.07 bits per heavy atom. The number of hydrogen-bond donors (Lipinski definition) is 1. The largest absolute Gasteiger partial charge is 0.396 e. The zero-order valence-electron chi connectivity index (χ0n) is 8.09. The molecule has 14 heavy (non-hydrogen) atoms. The SMILES string of the molecule is CCc1ccc(C(CO)N=[N+]=[N-])cc1. The first-order valence-electron chi connectivity index (χ1n) is 4.55. The smallest absolute Gasteiger partial charge is 0.0856 e. The van der Waals surface area contributed by atoms with Crippen LogP contribution in [0.1, 0.15) is 24.1 Å². The van der Waals surface area contributed by atoms with Gasteiger partial charge in [-0.25, -0.2) is 0 Å². The van der Waals surface area contributed by atoms with Gasteiger partial charge in [-0.15, -0.1) is 0 Å². The highest BCUT2D eigenvalue weighted by Crippen LogP contribution is 2.17. The van der Waals surface area contributed by atoms with E-state index in [0.29, 0.717) is 0 Å². The van der Waals surface area contributed by atoms with Crippen molar-refractivity contribution in [2.45, 2.75) is 19.4 Å². The Balaban J connectivity index is 2.88. The van der Waals surface area contributed by atoms with Crippen molar-refractivity contribution < 1.29 is 5.11 Å². The molecule has 0 radical (unpaired) electrons. The van der Waals surface area contributed by atoms with E-state index in [1.807, 2.05) is 24.3 Å². The van der Waals surface area contributed by atoms with E-state index in [2.05, 4.69) is 16.9 Å². The van der Waals surface area contributed by atoms with Gasteiger partial charge in [0, 0.05) is 4.91 Å². The van der Waals surface area contributed by atoms with Crippen molar-refractivity contribution in [3.05, 3.63) is 45.8 Å². The van der Waals surface area contributed by atoms with Gasteiger partial charge in [-0.3, -0.25) is 0 Å². The first kappa shape index (κ1) is 10.6. The van der Waals surface area contributed by atoms with E-state index in [9.17, 15) is 0 Å². The number of aryl methyl sites for hydroxylation is 1. The predicted molar refractivity (Wildman–Crippen MR) is 54.8 cm³/mol. The molecule has 0 aliphatic carbocycles. The van der Waals surface area contributed by atoms with E-state index in [1.165, 1.54) is 5.56 Å². The van der Waals surface area contributed by atoms with E-state index in [-0.39, 0.29) is 6.61 Å². The van der Waals surface area contributed by atoms with Crippen LogP contribution in [0.15, 0.2) is 29.4 Å². The van der Waals surface area contributed by atoms with Crippen LogP contribution in [0.5, 0.6) is 0 Å². The van der Waals surface area contributed by atoms with Crippen LogP contribution in [0, 0.1) is 0 Å². The summed E-state index contributed by atoms with van der Waals surface area (Å²) in [6.07, 6.45) is 0.978. The number of aliphatic hydroxyl groups excluding tert-OH is 1. The molecule has 0 heterocycles. The average Bonchev–Trinajstić information content (AvgIpc) is 2.26. The molecule has 0 aliphatic heterocycles. The van der Waals surface area contributed by atoms with Crippen LogP contribution in [0.4, 0.5) is 0 Å². The van der Waals surface area contributed by atoms with Gasteiger partial charge in [-0.05, 0) is 23.1 Å². The van der Waals surface area contributed by atoms with Gasteiger partial charge in [-0.1, -0.05) is 36.3 Å². The third kappa shape index (κ3) is 2.49. The van der Waals surface area contributed by atoms with Crippen molar-refractivity contribution >= 4 is 0 Å². The van der Waals surface area contributed by atoms with Gasteiger partial charge in [-0.2, -0.15) is 0 Å². The van der Waals surface area contributed by atoms with E-state index in [1.54, 1.807) is 0 Å². The topological polar surface area (TPSA) is 69.0 Å². The average molecular weight is 191 g/mol. The van der Waals surface area contributed by atoms with Gasteiger partial charge in [0.15, 0.2) is 0 Å². The van der Waals surface area contributed by atoms with Crippen molar-refractivity contribution in [3.8, 4) is 0 Å². The highest BCUT2D eigenvalue weighted by molar-refractivity contribution is 5.25. The van der Waals surface area contributed by atoms with Gasteiger partial charge in [0.1, 0.15) is 0 Å². The van der Waals surface area contributed by atoms with Gasteiger partial charge >= 0.3 is 0 Å². The Morgan fingerprint density at radius 3 is 2.50 bits per heavy atom. The molecule has 0 saturated heterocycles. The second-order valence-electron chi connectivity index (χ2n) is 3.00. The molecule has 0 saturated carbocycles. The normalized spacial score (nSPS) is 11.9. The van der Waals surface area contributed by atoms with Crippen LogP contribution in [0.3, 0.4) is 0 Å². The number of rotatable bonds is 4. The Morgan fingerprint density at radius 1 is 1.43 bits per heavy atom. The minimum Gasteiger partial charge on any atom is -0.396 e. The van der Waals surface area contributed by atoms with Gasteiger partial charge in [0.2, 0.25) is 0 Å². The number of aliphatic hydroxyl groups is 1. The molecule has 4 heteroatoms. The lowest BCUT2D eigenvalue weighted by atomic mass is 10.1. The van der Waals surface area contributed by atoms with E-state index < -0.39 is 6.04 Å². The first-order valence-corrected chi connectivity index (χ1v) is 4.55. The molecule has 0 aliphatic rings. The van der Waals surface area contributed by atoms with E-state index >= 15 is 0 Å². The second kappa shape index (κ2) is 5.27. The summed E-state index contributed by atoms with van der Waals surface area (Å²) in [6, 6.07) is 7.25. The summed E-state index contributed by atoms with van der Waals surface area (Å²) >= 11 is 0. The van der Waals surface area contributed by atoms with Gasteiger partial charge in [0.25, 0.3) is 0 Å². The van der Waals surface area contributed by atoms with Crippen LogP contribution in [0.2, 0.25) is 0 Å². The third-order valence-electron chi connectivity index (χ3n) is 2.14. The molecule has 1 atom stereocenters. The Bertz CT molecular complexity index is 328. The molecule has 1 unspecified atom stereocenters. The number of hydrogen-bond acceptors (Lipinski definition) is 2. The van der Waals surface area contributed by atoms with Crippen molar-refractivity contribution in [1.82, 2.24) is 0 Å². The maximum absolute atomic E-state index is 8.97. The van der Waals surface area contributed by atoms with Crippen LogP contribution in [0.25, 0.3) is 10.4 Å². The maximum Gasteiger partial charge on any atom is 0.0856 e. The molecular formula is C10H13N3O. The molecule has 1 aromatic carbocycles. The Hall–Kier alpha value is -1.51. The third-order valence-corrected chi connectivity index (χ3v) is 2.14. The van der Waals surface area contributed by atoms with Gasteiger partial charge in [0.05, 0.1) is 12.6 Å². The molecule has 1 rings (SSSR count). The fraction of sp³-hybridized carbons (Fsp3) is 0.400. The van der Waals surface area contributed by atoms with E-state index in [4.69, 9.17) is 10.6 Å². The maximum atomic E-state index is 8.97. The summed E-state index contributed by atoms with van der Waals surface area (Å²) in [5, 5.41) is 12.5. The number of azide groups is 1. The monoisotopic (exact) mass is 191 g/mol. The first-order chi connectivity index (χ1) is 6.81. The summed E-state index contributed by atoms with van der Waals surface area (Å²) in [5.74, 6) is 0. The lowest BCUT2D eigenvalue weighted by Crippen LogP contribution is -1.99. The minimum absolute atomic E-state index is 0.157. The highest BCUT2D eigenvalue weighted by Gasteiger charge is 2.06. The Kier molecular flexibility index (Phi) is 3.98. The molecule has 4 nitrogen and oxygen atoms in total. The molecule has 74 valence electrons. The molecule has 0 bridgehead atoms. The molecule has 0 spiro atoms. The molecular weight excluding hydrogens is 178 g/mol. The highest BCUT2D eigenvalue weighted by atomic mass is 16.3. The van der Waals surface area contributed by atoms with Crippen LogP contribution >= 0.6 is 0 Å². The summed E-state index contributed by atoms with van der Waals surface area (Å²) < 4.78 is 0. The van der Waals surface area contributed by atoms with Crippen molar-refractivity contribution in [2.75, 3.05) is 6.61 Å². The minimum atomic E-state index is -0.467. The summed E-state index contributed by atoms with van der Waals surface area (Å²) in [5.41, 5.74) is 10.4. The summed E-state index contributed by atoms with van der Waals surface area (Å²) in [7, 11) is 0. The van der Waals surface area contributed by atoms with Crippen LogP contribution in [-0.2, 0) is 6.42 Å². The van der Waals surface area contributed by atoms with Crippen LogP contribution < -0.4 is 0 Å². The fourth-order valence-electron chi connectivity index (χ4n) is 1.25. The zero-order chi connectivity index (χ0) is 10.4. The Labute approximate surface area is 82.8 Å². The molecule has 1 N–H and O–H groups in total. The fourth-order valence-corrected chi connectivity index (χ4v) is 1.25. The van der Waals surface area contributed by atoms with Crippen molar-refractivity contribution in [2.24, 2.45) is 5.11 Å². The van der Waals surface area contributed by atoms with Gasteiger partial charge < -0.3 is 5.11 Å². The summed E-state index contributed by atoms with van der Waals surface area (Å²) in [6.45, 7) is 1.92. The molecule has 0 fully saturated rings. The predicted octanol–water partition coefficient (Wildman–Crippen LogP) is 2.59. The quantitative estimate of drug-likeness (QED) is 0.443. The standard InChI is InChI=1S/C10H13N3O/c1-2-8-3-5-9(6-4-8)10(7-14)12-13-11/h3-6,10,14H,2,7H2,1H3. The molecule has 1 aromatic rings. The zero-order valence-corrected chi connectivity index (χ0v) is 8.09. The lowest BCUT2D eigenvalue weighted by Gasteiger charge is -2.07. The second-order valence-corrected chi connectivity index (χ2v) is 3.00. The number of nitrogens with zero attached hydrogens (tertiary/aromatic N) is 3. The molecule has 0 amide bonds. The molecule has 0 aromatic heterocycles. The van der Waals surface area contributed by atoms with Crippen molar-refractivity contribution in [1.29, 1.82) is 0 Å². The summed E-state index contributed by atoms with van der Waals surface area (Å²) in [4.78, 5) is 2.69.